The minimum Gasteiger partial charge on any atom is -0.268 e. The summed E-state index contributed by atoms with van der Waals surface area (Å²) in [4.78, 5) is 12.8. The molecule has 0 radical (unpaired) electrons. The molecule has 0 amide bonds. The summed E-state index contributed by atoms with van der Waals surface area (Å²) in [5.74, 6) is 0. The molecule has 0 fully saturated rings. The maximum atomic E-state index is 11.6. The van der Waals surface area contributed by atoms with Crippen molar-refractivity contribution in [3.8, 4) is 11.1 Å². The molecule has 1 heterocycles. The molecular formula is C12H11BrN2OS. The summed E-state index contributed by atoms with van der Waals surface area (Å²) in [5.41, 5.74) is 2.44. The normalized spacial score (nSPS) is 10.5. The molecule has 0 aliphatic rings. The van der Waals surface area contributed by atoms with E-state index in [0.717, 1.165) is 11.1 Å². The summed E-state index contributed by atoms with van der Waals surface area (Å²) in [6.07, 6.45) is 3.72. The highest BCUT2D eigenvalue weighted by Crippen LogP contribution is 2.24. The zero-order chi connectivity index (χ0) is 12.3. The Hall–Kier alpha value is -1.07. The van der Waals surface area contributed by atoms with Crippen molar-refractivity contribution in [2.75, 3.05) is 6.26 Å². The minimum absolute atomic E-state index is 0.145. The molecule has 0 bridgehead atoms. The number of H-pyrrole nitrogens is 1. The summed E-state index contributed by atoms with van der Waals surface area (Å²) >= 11 is 5.03. The number of hydrogen-bond acceptors (Lipinski definition) is 3. The van der Waals surface area contributed by atoms with Gasteiger partial charge in [-0.1, -0.05) is 28.1 Å². The number of hydrogen-bond donors (Lipinski definition) is 1. The number of halogens is 1. The third-order valence-corrected chi connectivity index (χ3v) is 3.80. The summed E-state index contributed by atoms with van der Waals surface area (Å²) in [6, 6.07) is 8.10. The number of benzene rings is 1. The zero-order valence-corrected chi connectivity index (χ0v) is 11.6. The summed E-state index contributed by atoms with van der Waals surface area (Å²) < 4.78 is 0. The van der Waals surface area contributed by atoms with Crippen LogP contribution in [0.5, 0.6) is 0 Å². The fourth-order valence-electron chi connectivity index (χ4n) is 1.58. The highest BCUT2D eigenvalue weighted by atomic mass is 79.9. The first-order valence-electron chi connectivity index (χ1n) is 5.03. The lowest BCUT2D eigenvalue weighted by Gasteiger charge is -2.06. The van der Waals surface area contributed by atoms with Gasteiger partial charge in [0.25, 0.3) is 5.56 Å². The van der Waals surface area contributed by atoms with Gasteiger partial charge in [0.05, 0.1) is 6.20 Å². The van der Waals surface area contributed by atoms with Crippen LogP contribution in [0.1, 0.15) is 5.56 Å². The number of thioether (sulfide) groups is 1. The van der Waals surface area contributed by atoms with Crippen molar-refractivity contribution in [2.45, 2.75) is 10.2 Å². The molecule has 88 valence electrons. The lowest BCUT2D eigenvalue weighted by Crippen LogP contribution is -2.13. The van der Waals surface area contributed by atoms with E-state index in [1.54, 1.807) is 18.0 Å². The molecule has 5 heteroatoms. The maximum Gasteiger partial charge on any atom is 0.268 e. The molecule has 0 atom stereocenters. The predicted octanol–water partition coefficient (Wildman–Crippen LogP) is 3.05. The molecule has 2 aromatic rings. The van der Waals surface area contributed by atoms with Crippen molar-refractivity contribution in [1.82, 2.24) is 10.2 Å². The van der Waals surface area contributed by atoms with Crippen LogP contribution in [0.4, 0.5) is 0 Å². The Labute approximate surface area is 112 Å². The molecule has 0 unspecified atom stereocenters. The van der Waals surface area contributed by atoms with Gasteiger partial charge >= 0.3 is 0 Å². The monoisotopic (exact) mass is 310 g/mol. The first-order chi connectivity index (χ1) is 8.26. The molecule has 17 heavy (non-hydrogen) atoms. The van der Waals surface area contributed by atoms with Crippen molar-refractivity contribution in [3.05, 3.63) is 46.4 Å². The molecule has 1 aromatic heterocycles. The summed E-state index contributed by atoms with van der Waals surface area (Å²) in [5, 5.41) is 6.81. The third kappa shape index (κ3) is 2.61. The molecule has 1 aromatic carbocycles. The van der Waals surface area contributed by atoms with Crippen LogP contribution in [-0.4, -0.2) is 16.5 Å². The molecule has 0 saturated heterocycles. The Morgan fingerprint density at radius 2 is 2.06 bits per heavy atom. The average molecular weight is 311 g/mol. The van der Waals surface area contributed by atoms with Gasteiger partial charge in [0, 0.05) is 21.4 Å². The third-order valence-electron chi connectivity index (χ3n) is 2.49. The smallest absolute Gasteiger partial charge is 0.268 e. The number of alkyl halides is 1. The Morgan fingerprint density at radius 1 is 1.35 bits per heavy atom. The Morgan fingerprint density at radius 3 is 2.65 bits per heavy atom. The Bertz CT molecular complexity index is 565. The van der Waals surface area contributed by atoms with E-state index < -0.39 is 0 Å². The molecule has 0 saturated carbocycles. The van der Waals surface area contributed by atoms with Gasteiger partial charge in [-0.05, 0) is 24.0 Å². The van der Waals surface area contributed by atoms with E-state index in [-0.39, 0.29) is 5.56 Å². The minimum atomic E-state index is -0.145. The second-order valence-corrected chi connectivity index (χ2v) is 4.89. The predicted molar refractivity (Wildman–Crippen MR) is 74.7 cm³/mol. The molecule has 0 aliphatic carbocycles. The van der Waals surface area contributed by atoms with Gasteiger partial charge in [0.1, 0.15) is 0 Å². The van der Waals surface area contributed by atoms with Crippen LogP contribution in [0.15, 0.2) is 40.2 Å². The van der Waals surface area contributed by atoms with E-state index in [1.165, 1.54) is 4.90 Å². The topological polar surface area (TPSA) is 45.8 Å². The van der Waals surface area contributed by atoms with Crippen LogP contribution in [0.3, 0.4) is 0 Å². The molecule has 0 spiro atoms. The standard InChI is InChI=1S/C12H11BrN2OS/c1-17-9-4-2-8(3-5-9)11-7-14-15-12(16)10(11)6-13/h2-5,7H,6H2,1H3,(H,15,16). The first-order valence-corrected chi connectivity index (χ1v) is 7.38. The van der Waals surface area contributed by atoms with Gasteiger partial charge in [0.15, 0.2) is 0 Å². The number of aromatic nitrogens is 2. The second kappa shape index (κ2) is 5.51. The van der Waals surface area contributed by atoms with Crippen molar-refractivity contribution in [2.24, 2.45) is 0 Å². The van der Waals surface area contributed by atoms with E-state index in [4.69, 9.17) is 0 Å². The Kier molecular flexibility index (Phi) is 4.02. The van der Waals surface area contributed by atoms with Crippen LogP contribution in [0, 0.1) is 0 Å². The van der Waals surface area contributed by atoms with Crippen LogP contribution in [0.2, 0.25) is 0 Å². The number of aromatic amines is 1. The maximum absolute atomic E-state index is 11.6. The van der Waals surface area contributed by atoms with E-state index in [2.05, 4.69) is 26.1 Å². The van der Waals surface area contributed by atoms with Gasteiger partial charge in [-0.2, -0.15) is 5.10 Å². The Balaban J connectivity index is 2.52. The summed E-state index contributed by atoms with van der Waals surface area (Å²) in [7, 11) is 0. The number of nitrogens with zero attached hydrogens (tertiary/aromatic N) is 1. The van der Waals surface area contributed by atoms with Crippen molar-refractivity contribution < 1.29 is 0 Å². The van der Waals surface area contributed by atoms with E-state index in [1.807, 2.05) is 30.5 Å². The van der Waals surface area contributed by atoms with Gasteiger partial charge < -0.3 is 0 Å². The largest absolute Gasteiger partial charge is 0.268 e. The van der Waals surface area contributed by atoms with Crippen molar-refractivity contribution >= 4 is 27.7 Å². The zero-order valence-electron chi connectivity index (χ0n) is 9.24. The van der Waals surface area contributed by atoms with Gasteiger partial charge in [0.2, 0.25) is 0 Å². The van der Waals surface area contributed by atoms with Gasteiger partial charge in [-0.25, -0.2) is 5.10 Å². The van der Waals surface area contributed by atoms with Gasteiger partial charge in [-0.3, -0.25) is 4.79 Å². The van der Waals surface area contributed by atoms with Crippen LogP contribution in [-0.2, 0) is 5.33 Å². The van der Waals surface area contributed by atoms with E-state index >= 15 is 0 Å². The first kappa shape index (κ1) is 12.4. The number of rotatable bonds is 3. The molecular weight excluding hydrogens is 300 g/mol. The molecule has 1 N–H and O–H groups in total. The van der Waals surface area contributed by atoms with Crippen LogP contribution >= 0.6 is 27.7 Å². The fraction of sp³-hybridized carbons (Fsp3) is 0.167. The second-order valence-electron chi connectivity index (χ2n) is 3.45. The fourth-order valence-corrected chi connectivity index (χ4v) is 2.54. The molecule has 3 nitrogen and oxygen atoms in total. The van der Waals surface area contributed by atoms with Crippen LogP contribution < -0.4 is 5.56 Å². The molecule has 0 aliphatic heterocycles. The van der Waals surface area contributed by atoms with Gasteiger partial charge in [-0.15, -0.1) is 11.8 Å². The quantitative estimate of drug-likeness (QED) is 0.700. The SMILES string of the molecule is CSc1ccc(-c2cn[nH]c(=O)c2CBr)cc1. The van der Waals surface area contributed by atoms with Crippen molar-refractivity contribution in [1.29, 1.82) is 0 Å². The highest BCUT2D eigenvalue weighted by Gasteiger charge is 2.08. The van der Waals surface area contributed by atoms with E-state index in [0.29, 0.717) is 10.9 Å². The van der Waals surface area contributed by atoms with Crippen molar-refractivity contribution in [3.63, 3.8) is 0 Å². The summed E-state index contributed by atoms with van der Waals surface area (Å²) in [6.45, 7) is 0. The average Bonchev–Trinajstić information content (AvgIpc) is 2.38. The highest BCUT2D eigenvalue weighted by molar-refractivity contribution is 9.08. The molecule has 2 rings (SSSR count). The lowest BCUT2D eigenvalue weighted by atomic mass is 10.0. The number of nitrogens with one attached hydrogen (secondary N) is 1. The van der Waals surface area contributed by atoms with Crippen LogP contribution in [0.25, 0.3) is 11.1 Å². The lowest BCUT2D eigenvalue weighted by molar-refractivity contribution is 0.969. The van der Waals surface area contributed by atoms with E-state index in [9.17, 15) is 4.79 Å².